The number of rotatable bonds is 3. The Morgan fingerprint density at radius 2 is 1.95 bits per heavy atom. The minimum atomic E-state index is -0.847. The summed E-state index contributed by atoms with van der Waals surface area (Å²) in [4.78, 5) is 1.73. The maximum absolute atomic E-state index is 9.84. The van der Waals surface area contributed by atoms with Crippen LogP contribution in [0.3, 0.4) is 0 Å². The first-order valence-electron chi connectivity index (χ1n) is 6.44. The minimum absolute atomic E-state index is 0.576. The zero-order chi connectivity index (χ0) is 13.2. The van der Waals surface area contributed by atoms with Crippen molar-refractivity contribution in [1.29, 1.82) is 0 Å². The topological polar surface area (TPSA) is 61.5 Å². The van der Waals surface area contributed by atoms with E-state index in [1.807, 2.05) is 35.1 Å². The fraction of sp³-hybridized carbons (Fsp3) is 0.357. The summed E-state index contributed by atoms with van der Waals surface area (Å²) in [6.45, 7) is 1.33. The first-order chi connectivity index (χ1) is 9.24. The van der Waals surface area contributed by atoms with Crippen LogP contribution < -0.4 is 4.90 Å². The number of hydrogen-bond acceptors (Lipinski definition) is 4. The van der Waals surface area contributed by atoms with Gasteiger partial charge < -0.3 is 15.1 Å². The van der Waals surface area contributed by atoms with Gasteiger partial charge in [0.05, 0.1) is 6.54 Å². The van der Waals surface area contributed by atoms with E-state index < -0.39 is 12.3 Å². The number of aliphatic hydroxyl groups excluding tert-OH is 2. The van der Waals surface area contributed by atoms with Crippen LogP contribution in [0.1, 0.15) is 12.0 Å². The molecular formula is C14H17N3O2. The third kappa shape index (κ3) is 2.47. The van der Waals surface area contributed by atoms with Gasteiger partial charge in [0.1, 0.15) is 6.10 Å². The number of anilines is 1. The van der Waals surface area contributed by atoms with Crippen LogP contribution in [0.25, 0.3) is 0 Å². The van der Waals surface area contributed by atoms with E-state index in [4.69, 9.17) is 0 Å². The monoisotopic (exact) mass is 259 g/mol. The second-order valence-corrected chi connectivity index (χ2v) is 4.82. The molecule has 0 aliphatic carbocycles. The lowest BCUT2D eigenvalue weighted by Gasteiger charge is -2.20. The van der Waals surface area contributed by atoms with Crippen LogP contribution in [0.4, 0.5) is 5.82 Å². The van der Waals surface area contributed by atoms with Gasteiger partial charge in [-0.2, -0.15) is 5.10 Å². The Bertz CT molecular complexity index is 541. The highest BCUT2D eigenvalue weighted by molar-refractivity contribution is 5.39. The molecule has 1 aliphatic heterocycles. The summed E-state index contributed by atoms with van der Waals surface area (Å²) in [5, 5.41) is 23.8. The maximum atomic E-state index is 9.84. The van der Waals surface area contributed by atoms with Crippen molar-refractivity contribution in [1.82, 2.24) is 9.78 Å². The lowest BCUT2D eigenvalue weighted by atomic mass is 10.2. The van der Waals surface area contributed by atoms with Crippen LogP contribution in [-0.4, -0.2) is 38.9 Å². The molecule has 1 fully saturated rings. The predicted octanol–water partition coefficient (Wildman–Crippen LogP) is 0.821. The van der Waals surface area contributed by atoms with Crippen LogP contribution in [0.15, 0.2) is 42.6 Å². The van der Waals surface area contributed by atoms with Gasteiger partial charge in [-0.05, 0) is 12.0 Å². The summed E-state index contributed by atoms with van der Waals surface area (Å²) in [7, 11) is 0. The molecule has 100 valence electrons. The van der Waals surface area contributed by atoms with Gasteiger partial charge in [0.25, 0.3) is 0 Å². The summed E-state index contributed by atoms with van der Waals surface area (Å²) >= 11 is 0. The molecular weight excluding hydrogens is 242 g/mol. The van der Waals surface area contributed by atoms with Crippen LogP contribution >= 0.6 is 0 Å². The summed E-state index contributed by atoms with van der Waals surface area (Å²) in [6.07, 6.45) is 0.936. The molecule has 0 unspecified atom stereocenters. The molecule has 2 heterocycles. The van der Waals surface area contributed by atoms with Crippen molar-refractivity contribution in [2.45, 2.75) is 25.3 Å². The molecule has 2 atom stereocenters. The van der Waals surface area contributed by atoms with Crippen molar-refractivity contribution in [3.8, 4) is 0 Å². The summed E-state index contributed by atoms with van der Waals surface area (Å²) in [5.41, 5.74) is 1.18. The summed E-state index contributed by atoms with van der Waals surface area (Å²) in [5.74, 6) is 0.708. The van der Waals surface area contributed by atoms with Gasteiger partial charge >= 0.3 is 0 Å². The van der Waals surface area contributed by atoms with Gasteiger partial charge in [-0.1, -0.05) is 30.3 Å². The molecule has 0 bridgehead atoms. The zero-order valence-corrected chi connectivity index (χ0v) is 10.6. The second kappa shape index (κ2) is 5.03. The van der Waals surface area contributed by atoms with E-state index in [-0.39, 0.29) is 0 Å². The quantitative estimate of drug-likeness (QED) is 0.856. The van der Waals surface area contributed by atoms with Crippen LogP contribution in [-0.2, 0) is 6.54 Å². The van der Waals surface area contributed by atoms with Crippen molar-refractivity contribution in [3.05, 3.63) is 48.2 Å². The van der Waals surface area contributed by atoms with Crippen molar-refractivity contribution < 1.29 is 10.2 Å². The first-order valence-corrected chi connectivity index (χ1v) is 6.44. The van der Waals surface area contributed by atoms with Crippen LogP contribution in [0.2, 0.25) is 0 Å². The second-order valence-electron chi connectivity index (χ2n) is 4.82. The molecule has 3 rings (SSSR count). The average molecular weight is 259 g/mol. The molecule has 0 radical (unpaired) electrons. The highest BCUT2D eigenvalue weighted by Gasteiger charge is 2.32. The van der Waals surface area contributed by atoms with Gasteiger partial charge in [-0.3, -0.25) is 4.68 Å². The van der Waals surface area contributed by atoms with Gasteiger partial charge in [-0.15, -0.1) is 0 Å². The summed E-state index contributed by atoms with van der Waals surface area (Å²) in [6, 6.07) is 12.0. The van der Waals surface area contributed by atoms with Gasteiger partial charge in [-0.25, -0.2) is 0 Å². The zero-order valence-electron chi connectivity index (χ0n) is 10.6. The van der Waals surface area contributed by atoms with Crippen molar-refractivity contribution in [3.63, 3.8) is 0 Å². The fourth-order valence-corrected chi connectivity index (χ4v) is 2.37. The van der Waals surface area contributed by atoms with E-state index in [0.29, 0.717) is 25.3 Å². The van der Waals surface area contributed by atoms with Gasteiger partial charge in [0.15, 0.2) is 12.0 Å². The molecule has 19 heavy (non-hydrogen) atoms. The molecule has 0 amide bonds. The molecule has 1 aromatic carbocycles. The first kappa shape index (κ1) is 12.2. The largest absolute Gasteiger partial charge is 0.388 e. The SMILES string of the molecule is O[C@@H]1[C@@H](O)CCN1c1ccn(Cc2ccccc2)n1. The lowest BCUT2D eigenvalue weighted by molar-refractivity contribution is 0.0446. The normalized spacial score (nSPS) is 22.9. The van der Waals surface area contributed by atoms with Crippen molar-refractivity contribution in [2.24, 2.45) is 0 Å². The molecule has 1 aromatic heterocycles. The Balaban J connectivity index is 1.73. The molecule has 0 spiro atoms. The molecule has 2 aromatic rings. The molecule has 0 saturated carbocycles. The standard InChI is InChI=1S/C14H17N3O2/c18-12-6-9-17(14(12)19)13-7-8-16(15-13)10-11-4-2-1-3-5-11/h1-5,7-8,12,14,18-19H,6,9-10H2/t12-,14+/m0/s1. The maximum Gasteiger partial charge on any atom is 0.154 e. The minimum Gasteiger partial charge on any atom is -0.388 e. The van der Waals surface area contributed by atoms with E-state index >= 15 is 0 Å². The van der Waals surface area contributed by atoms with E-state index in [9.17, 15) is 10.2 Å². The molecule has 1 aliphatic rings. The smallest absolute Gasteiger partial charge is 0.154 e. The number of aliphatic hydroxyl groups is 2. The van der Waals surface area contributed by atoms with E-state index in [0.717, 1.165) is 0 Å². The highest BCUT2D eigenvalue weighted by atomic mass is 16.3. The fourth-order valence-electron chi connectivity index (χ4n) is 2.37. The van der Waals surface area contributed by atoms with Gasteiger partial charge in [0, 0.05) is 18.8 Å². The average Bonchev–Trinajstić information content (AvgIpc) is 3.00. The van der Waals surface area contributed by atoms with Crippen LogP contribution in [0.5, 0.6) is 0 Å². The van der Waals surface area contributed by atoms with Crippen molar-refractivity contribution >= 4 is 5.82 Å². The number of nitrogens with zero attached hydrogens (tertiary/aromatic N) is 3. The van der Waals surface area contributed by atoms with Gasteiger partial charge in [0.2, 0.25) is 0 Å². The lowest BCUT2D eigenvalue weighted by Crippen LogP contribution is -2.35. The third-order valence-electron chi connectivity index (χ3n) is 3.44. The molecule has 1 saturated heterocycles. The molecule has 5 nitrogen and oxygen atoms in total. The van der Waals surface area contributed by atoms with E-state index in [2.05, 4.69) is 17.2 Å². The Kier molecular flexibility index (Phi) is 3.23. The molecule has 5 heteroatoms. The number of benzene rings is 1. The van der Waals surface area contributed by atoms with E-state index in [1.165, 1.54) is 5.56 Å². The predicted molar refractivity (Wildman–Crippen MR) is 71.7 cm³/mol. The number of aromatic nitrogens is 2. The third-order valence-corrected chi connectivity index (χ3v) is 3.44. The number of hydrogen-bond donors (Lipinski definition) is 2. The van der Waals surface area contributed by atoms with Crippen LogP contribution in [0, 0.1) is 0 Å². The highest BCUT2D eigenvalue weighted by Crippen LogP contribution is 2.22. The Morgan fingerprint density at radius 1 is 1.16 bits per heavy atom. The van der Waals surface area contributed by atoms with E-state index in [1.54, 1.807) is 4.90 Å². The Hall–Kier alpha value is -1.85. The molecule has 2 N–H and O–H groups in total. The Morgan fingerprint density at radius 3 is 2.63 bits per heavy atom. The van der Waals surface area contributed by atoms with Crippen molar-refractivity contribution in [2.75, 3.05) is 11.4 Å². The Labute approximate surface area is 111 Å². The summed E-state index contributed by atoms with van der Waals surface area (Å²) < 4.78 is 1.84.